The van der Waals surface area contributed by atoms with Crippen molar-refractivity contribution in [3.05, 3.63) is 35.9 Å². The van der Waals surface area contributed by atoms with Crippen LogP contribution in [0, 0.1) is 11.8 Å². The summed E-state index contributed by atoms with van der Waals surface area (Å²) in [5, 5.41) is 0. The smallest absolute Gasteiger partial charge is 0.253 e. The highest BCUT2D eigenvalue weighted by atomic mass is 16.2. The van der Waals surface area contributed by atoms with Crippen LogP contribution < -0.4 is 0 Å². The highest BCUT2D eigenvalue weighted by molar-refractivity contribution is 5.94. The zero-order valence-corrected chi connectivity index (χ0v) is 10.7. The summed E-state index contributed by atoms with van der Waals surface area (Å²) < 4.78 is 0. The van der Waals surface area contributed by atoms with Crippen LogP contribution in [0.1, 0.15) is 37.0 Å². The fourth-order valence-corrected chi connectivity index (χ4v) is 2.50. The Kier molecular flexibility index (Phi) is 3.82. The second-order valence-electron chi connectivity index (χ2n) is 5.26. The molecule has 17 heavy (non-hydrogen) atoms. The van der Waals surface area contributed by atoms with Crippen molar-refractivity contribution in [2.75, 3.05) is 13.1 Å². The van der Waals surface area contributed by atoms with Gasteiger partial charge in [0, 0.05) is 18.7 Å². The van der Waals surface area contributed by atoms with Crippen molar-refractivity contribution in [3.8, 4) is 0 Å². The van der Waals surface area contributed by atoms with Crippen molar-refractivity contribution in [1.29, 1.82) is 0 Å². The molecule has 0 radical (unpaired) electrons. The molecule has 0 aliphatic carbocycles. The number of nitrogens with zero attached hydrogens (tertiary/aromatic N) is 1. The number of likely N-dealkylation sites (tertiary alicyclic amines) is 1. The van der Waals surface area contributed by atoms with E-state index in [9.17, 15) is 4.79 Å². The predicted molar refractivity (Wildman–Crippen MR) is 69.9 cm³/mol. The van der Waals surface area contributed by atoms with E-state index in [-0.39, 0.29) is 5.91 Å². The summed E-state index contributed by atoms with van der Waals surface area (Å²) in [6.07, 6.45) is 2.40. The topological polar surface area (TPSA) is 20.3 Å². The molecule has 0 N–H and O–H groups in total. The number of rotatable bonds is 2. The number of hydrogen-bond acceptors (Lipinski definition) is 1. The number of carbonyl (C=O) groups excluding carboxylic acids is 1. The standard InChI is InChI=1S/C15H21NO/c1-12(2)14-9-6-10-16(11-14)15(17)13-7-4-3-5-8-13/h3-5,7-8,12,14H,6,9-11H2,1-2H3/t14-/m1/s1. The van der Waals surface area contributed by atoms with Crippen molar-refractivity contribution >= 4 is 5.91 Å². The molecular weight excluding hydrogens is 210 g/mol. The first-order valence-corrected chi connectivity index (χ1v) is 6.53. The summed E-state index contributed by atoms with van der Waals surface area (Å²) in [6.45, 7) is 6.34. The van der Waals surface area contributed by atoms with Gasteiger partial charge in [0.25, 0.3) is 5.91 Å². The van der Waals surface area contributed by atoms with E-state index in [0.29, 0.717) is 11.8 Å². The number of benzene rings is 1. The molecule has 1 amide bonds. The average Bonchev–Trinajstić information content (AvgIpc) is 2.39. The molecule has 1 aliphatic rings. The molecule has 0 saturated carbocycles. The Morgan fingerprint density at radius 1 is 1.29 bits per heavy atom. The minimum atomic E-state index is 0.191. The van der Waals surface area contributed by atoms with E-state index in [0.717, 1.165) is 25.1 Å². The van der Waals surface area contributed by atoms with Crippen LogP contribution in [0.4, 0.5) is 0 Å². The zero-order valence-electron chi connectivity index (χ0n) is 10.7. The van der Waals surface area contributed by atoms with Crippen molar-refractivity contribution in [2.45, 2.75) is 26.7 Å². The molecular formula is C15H21NO. The van der Waals surface area contributed by atoms with Crippen molar-refractivity contribution in [3.63, 3.8) is 0 Å². The van der Waals surface area contributed by atoms with Crippen LogP contribution in [-0.2, 0) is 0 Å². The van der Waals surface area contributed by atoms with Crippen molar-refractivity contribution < 1.29 is 4.79 Å². The Hall–Kier alpha value is -1.31. The van der Waals surface area contributed by atoms with Crippen molar-refractivity contribution in [2.24, 2.45) is 11.8 Å². The SMILES string of the molecule is CC(C)[C@@H]1CCCN(C(=O)c2ccccc2)C1. The quantitative estimate of drug-likeness (QED) is 0.765. The maximum Gasteiger partial charge on any atom is 0.253 e. The van der Waals surface area contributed by atoms with E-state index in [1.807, 2.05) is 35.2 Å². The Balaban J connectivity index is 2.05. The summed E-state index contributed by atoms with van der Waals surface area (Å²) >= 11 is 0. The summed E-state index contributed by atoms with van der Waals surface area (Å²) in [5.74, 6) is 1.52. The average molecular weight is 231 g/mol. The molecule has 0 aromatic heterocycles. The highest BCUT2D eigenvalue weighted by Gasteiger charge is 2.25. The Morgan fingerprint density at radius 3 is 2.65 bits per heavy atom. The van der Waals surface area contributed by atoms with Gasteiger partial charge in [0.2, 0.25) is 0 Å². The molecule has 1 aromatic carbocycles. The lowest BCUT2D eigenvalue weighted by molar-refractivity contribution is 0.0641. The van der Waals surface area contributed by atoms with Gasteiger partial charge in [-0.3, -0.25) is 4.79 Å². The third-order valence-electron chi connectivity index (χ3n) is 3.71. The van der Waals surface area contributed by atoms with Crippen LogP contribution in [0.5, 0.6) is 0 Å². The van der Waals surface area contributed by atoms with Gasteiger partial charge in [-0.15, -0.1) is 0 Å². The first kappa shape index (κ1) is 12.2. The van der Waals surface area contributed by atoms with Gasteiger partial charge >= 0.3 is 0 Å². The number of carbonyl (C=O) groups is 1. The first-order valence-electron chi connectivity index (χ1n) is 6.53. The van der Waals surface area contributed by atoms with Gasteiger partial charge in [-0.05, 0) is 36.8 Å². The lowest BCUT2D eigenvalue weighted by Crippen LogP contribution is -2.41. The molecule has 2 rings (SSSR count). The van der Waals surface area contributed by atoms with Crippen LogP contribution in [0.15, 0.2) is 30.3 Å². The van der Waals surface area contributed by atoms with E-state index in [1.165, 1.54) is 6.42 Å². The Labute approximate surface area is 104 Å². The van der Waals surface area contributed by atoms with Gasteiger partial charge < -0.3 is 4.90 Å². The van der Waals surface area contributed by atoms with Gasteiger partial charge in [-0.2, -0.15) is 0 Å². The normalized spacial score (nSPS) is 20.6. The Morgan fingerprint density at radius 2 is 2.00 bits per heavy atom. The summed E-state index contributed by atoms with van der Waals surface area (Å²) in [7, 11) is 0. The van der Waals surface area contributed by atoms with Crippen LogP contribution in [0.3, 0.4) is 0 Å². The van der Waals surface area contributed by atoms with Gasteiger partial charge in [-0.25, -0.2) is 0 Å². The van der Waals surface area contributed by atoms with Gasteiger partial charge in [0.15, 0.2) is 0 Å². The van der Waals surface area contributed by atoms with E-state index in [1.54, 1.807) is 0 Å². The largest absolute Gasteiger partial charge is 0.338 e. The molecule has 2 heteroatoms. The molecule has 2 nitrogen and oxygen atoms in total. The fraction of sp³-hybridized carbons (Fsp3) is 0.533. The van der Waals surface area contributed by atoms with Crippen LogP contribution >= 0.6 is 0 Å². The first-order chi connectivity index (χ1) is 8.18. The molecule has 1 aliphatic heterocycles. The molecule has 1 heterocycles. The molecule has 0 bridgehead atoms. The molecule has 0 unspecified atom stereocenters. The van der Waals surface area contributed by atoms with Crippen molar-refractivity contribution in [1.82, 2.24) is 4.90 Å². The zero-order chi connectivity index (χ0) is 12.3. The van der Waals surface area contributed by atoms with E-state index >= 15 is 0 Å². The van der Waals surface area contributed by atoms with Gasteiger partial charge in [0.1, 0.15) is 0 Å². The maximum atomic E-state index is 12.3. The fourth-order valence-electron chi connectivity index (χ4n) is 2.50. The molecule has 1 fully saturated rings. The highest BCUT2D eigenvalue weighted by Crippen LogP contribution is 2.24. The second kappa shape index (κ2) is 5.35. The lowest BCUT2D eigenvalue weighted by Gasteiger charge is -2.34. The second-order valence-corrected chi connectivity index (χ2v) is 5.26. The maximum absolute atomic E-state index is 12.3. The number of hydrogen-bond donors (Lipinski definition) is 0. The van der Waals surface area contributed by atoms with E-state index in [4.69, 9.17) is 0 Å². The molecule has 0 spiro atoms. The van der Waals surface area contributed by atoms with Crippen LogP contribution in [-0.4, -0.2) is 23.9 Å². The summed E-state index contributed by atoms with van der Waals surface area (Å²) in [6, 6.07) is 9.61. The van der Waals surface area contributed by atoms with E-state index in [2.05, 4.69) is 13.8 Å². The molecule has 1 saturated heterocycles. The van der Waals surface area contributed by atoms with Crippen LogP contribution in [0.25, 0.3) is 0 Å². The molecule has 1 aromatic rings. The minimum absolute atomic E-state index is 0.191. The summed E-state index contributed by atoms with van der Waals surface area (Å²) in [4.78, 5) is 14.3. The number of piperidine rings is 1. The summed E-state index contributed by atoms with van der Waals surface area (Å²) in [5.41, 5.74) is 0.817. The lowest BCUT2D eigenvalue weighted by atomic mass is 9.87. The third kappa shape index (κ3) is 2.87. The van der Waals surface area contributed by atoms with Gasteiger partial charge in [-0.1, -0.05) is 32.0 Å². The molecule has 92 valence electrons. The van der Waals surface area contributed by atoms with E-state index < -0.39 is 0 Å². The van der Waals surface area contributed by atoms with Gasteiger partial charge in [0.05, 0.1) is 0 Å². The predicted octanol–water partition coefficient (Wildman–Crippen LogP) is 3.19. The monoisotopic (exact) mass is 231 g/mol. The molecule has 1 atom stereocenters. The third-order valence-corrected chi connectivity index (χ3v) is 3.71. The Bertz CT molecular complexity index is 372. The van der Waals surface area contributed by atoms with Crippen LogP contribution in [0.2, 0.25) is 0 Å². The number of amides is 1. The minimum Gasteiger partial charge on any atom is -0.338 e.